The lowest BCUT2D eigenvalue weighted by molar-refractivity contribution is 0.0760. The summed E-state index contributed by atoms with van der Waals surface area (Å²) in [5, 5.41) is 4.55. The van der Waals surface area contributed by atoms with E-state index in [0.717, 1.165) is 47.9 Å². The van der Waals surface area contributed by atoms with Crippen LogP contribution in [0, 0.1) is 6.92 Å². The van der Waals surface area contributed by atoms with Crippen molar-refractivity contribution in [3.05, 3.63) is 66.0 Å². The molecule has 1 aromatic heterocycles. The van der Waals surface area contributed by atoms with Gasteiger partial charge in [0.15, 0.2) is 5.69 Å². The lowest BCUT2D eigenvalue weighted by atomic mass is 10.2. The summed E-state index contributed by atoms with van der Waals surface area (Å²) in [6.45, 7) is 5.08. The monoisotopic (exact) mass is 420 g/mol. The number of ether oxygens (including phenoxy) is 2. The number of aromatic nitrogens is 2. The van der Waals surface area contributed by atoms with Gasteiger partial charge in [0.1, 0.15) is 17.2 Å². The Morgan fingerprint density at radius 1 is 0.935 bits per heavy atom. The van der Waals surface area contributed by atoms with Crippen molar-refractivity contribution in [2.24, 2.45) is 0 Å². The molecule has 0 unspecified atom stereocenters. The van der Waals surface area contributed by atoms with Crippen LogP contribution in [-0.4, -0.2) is 61.0 Å². The molecular formula is C24H28N4O3. The van der Waals surface area contributed by atoms with Crippen LogP contribution in [0.5, 0.6) is 11.5 Å². The first-order valence-electron chi connectivity index (χ1n) is 10.5. The Hall–Kier alpha value is -3.48. The molecule has 0 bridgehead atoms. The highest BCUT2D eigenvalue weighted by Gasteiger charge is 2.22. The zero-order valence-corrected chi connectivity index (χ0v) is 18.2. The second-order valence-corrected chi connectivity index (χ2v) is 7.65. The van der Waals surface area contributed by atoms with Gasteiger partial charge in [0.05, 0.1) is 14.2 Å². The first kappa shape index (κ1) is 20.8. The number of methoxy groups -OCH3 is 2. The van der Waals surface area contributed by atoms with Crippen LogP contribution in [0.3, 0.4) is 0 Å². The van der Waals surface area contributed by atoms with E-state index in [9.17, 15) is 4.79 Å². The van der Waals surface area contributed by atoms with Gasteiger partial charge in [-0.15, -0.1) is 0 Å². The van der Waals surface area contributed by atoms with Crippen LogP contribution in [0.2, 0.25) is 0 Å². The van der Waals surface area contributed by atoms with Crippen molar-refractivity contribution in [1.29, 1.82) is 0 Å². The van der Waals surface area contributed by atoms with Gasteiger partial charge in [-0.1, -0.05) is 6.07 Å². The van der Waals surface area contributed by atoms with Crippen molar-refractivity contribution in [2.45, 2.75) is 13.3 Å². The number of carbonyl (C=O) groups is 1. The fourth-order valence-corrected chi connectivity index (χ4v) is 3.89. The number of hydrogen-bond donors (Lipinski definition) is 0. The number of aryl methyl sites for hydroxylation is 1. The Morgan fingerprint density at radius 3 is 2.48 bits per heavy atom. The number of amides is 1. The summed E-state index contributed by atoms with van der Waals surface area (Å²) in [5.41, 5.74) is 3.51. The highest BCUT2D eigenvalue weighted by atomic mass is 16.5. The van der Waals surface area contributed by atoms with Crippen molar-refractivity contribution in [3.63, 3.8) is 0 Å². The van der Waals surface area contributed by atoms with Crippen molar-refractivity contribution >= 4 is 11.6 Å². The molecule has 0 spiro atoms. The van der Waals surface area contributed by atoms with Gasteiger partial charge < -0.3 is 19.3 Å². The Kier molecular flexibility index (Phi) is 6.11. The summed E-state index contributed by atoms with van der Waals surface area (Å²) >= 11 is 0. The molecule has 7 nitrogen and oxygen atoms in total. The van der Waals surface area contributed by atoms with E-state index >= 15 is 0 Å². The number of benzene rings is 2. The minimum Gasteiger partial charge on any atom is -0.497 e. The highest BCUT2D eigenvalue weighted by molar-refractivity contribution is 5.92. The molecule has 7 heteroatoms. The standard InChI is InChI=1S/C24H28N4O3/c1-18-5-10-23(31-3)22(17-18)28-14-11-21(25-28)24(29)27-13-4-12-26(15-16-27)19-6-8-20(30-2)9-7-19/h5-11,14,17H,4,12-13,15-16H2,1-3H3. The van der Waals surface area contributed by atoms with Crippen LogP contribution in [0.4, 0.5) is 5.69 Å². The third-order valence-electron chi connectivity index (χ3n) is 5.61. The molecule has 0 radical (unpaired) electrons. The van der Waals surface area contributed by atoms with E-state index in [1.54, 1.807) is 25.0 Å². The quantitative estimate of drug-likeness (QED) is 0.632. The topological polar surface area (TPSA) is 59.8 Å². The van der Waals surface area contributed by atoms with Crippen molar-refractivity contribution in [1.82, 2.24) is 14.7 Å². The van der Waals surface area contributed by atoms with Crippen LogP contribution in [0.1, 0.15) is 22.5 Å². The van der Waals surface area contributed by atoms with Gasteiger partial charge in [-0.3, -0.25) is 4.79 Å². The maximum absolute atomic E-state index is 13.1. The number of hydrogen-bond acceptors (Lipinski definition) is 5. The lowest BCUT2D eigenvalue weighted by Crippen LogP contribution is -2.35. The Bertz CT molecular complexity index is 1050. The molecule has 2 heterocycles. The van der Waals surface area contributed by atoms with Gasteiger partial charge in [0.2, 0.25) is 0 Å². The van der Waals surface area contributed by atoms with Gasteiger partial charge in [-0.2, -0.15) is 5.10 Å². The van der Waals surface area contributed by atoms with Crippen LogP contribution in [-0.2, 0) is 0 Å². The molecule has 0 aliphatic carbocycles. The first-order chi connectivity index (χ1) is 15.1. The number of anilines is 1. The molecule has 4 rings (SSSR count). The maximum atomic E-state index is 13.1. The maximum Gasteiger partial charge on any atom is 0.274 e. The molecule has 3 aromatic rings. The van der Waals surface area contributed by atoms with Gasteiger partial charge in [-0.25, -0.2) is 4.68 Å². The van der Waals surface area contributed by atoms with Crippen LogP contribution < -0.4 is 14.4 Å². The smallest absolute Gasteiger partial charge is 0.274 e. The number of rotatable bonds is 5. The SMILES string of the molecule is COc1ccc(N2CCCN(C(=O)c3ccn(-c4cc(C)ccc4OC)n3)CC2)cc1. The van der Waals surface area contributed by atoms with Gasteiger partial charge in [0, 0.05) is 38.1 Å². The van der Waals surface area contributed by atoms with Crippen LogP contribution in [0.15, 0.2) is 54.7 Å². The highest BCUT2D eigenvalue weighted by Crippen LogP contribution is 2.24. The second-order valence-electron chi connectivity index (χ2n) is 7.65. The molecule has 31 heavy (non-hydrogen) atoms. The van der Waals surface area contributed by atoms with Crippen molar-refractivity contribution in [3.8, 4) is 17.2 Å². The minimum atomic E-state index is -0.0399. The predicted octanol–water partition coefficient (Wildman–Crippen LogP) is 3.55. The Balaban J connectivity index is 1.46. The third kappa shape index (κ3) is 4.50. The second kappa shape index (κ2) is 9.12. The summed E-state index contributed by atoms with van der Waals surface area (Å²) in [7, 11) is 3.30. The number of carbonyl (C=O) groups excluding carboxylic acids is 1. The van der Waals surface area contributed by atoms with E-state index < -0.39 is 0 Å². The normalized spacial score (nSPS) is 14.3. The van der Waals surface area contributed by atoms with Crippen molar-refractivity contribution in [2.75, 3.05) is 45.3 Å². The minimum absolute atomic E-state index is 0.0399. The molecule has 1 aliphatic rings. The van der Waals surface area contributed by atoms with Crippen LogP contribution in [0.25, 0.3) is 5.69 Å². The molecule has 1 aliphatic heterocycles. The molecule has 1 amide bonds. The molecule has 0 N–H and O–H groups in total. The summed E-state index contributed by atoms with van der Waals surface area (Å²) in [6, 6.07) is 15.7. The third-order valence-corrected chi connectivity index (χ3v) is 5.61. The molecular weight excluding hydrogens is 392 g/mol. The van der Waals surface area contributed by atoms with E-state index in [1.165, 1.54) is 0 Å². The lowest BCUT2D eigenvalue weighted by Gasteiger charge is -2.23. The Labute approximate surface area is 182 Å². The van der Waals surface area contributed by atoms with E-state index in [-0.39, 0.29) is 5.91 Å². The van der Waals surface area contributed by atoms with E-state index in [1.807, 2.05) is 48.4 Å². The largest absolute Gasteiger partial charge is 0.497 e. The zero-order valence-electron chi connectivity index (χ0n) is 18.2. The van der Waals surface area contributed by atoms with E-state index in [4.69, 9.17) is 9.47 Å². The molecule has 1 saturated heterocycles. The van der Waals surface area contributed by atoms with E-state index in [0.29, 0.717) is 18.8 Å². The molecule has 0 saturated carbocycles. The predicted molar refractivity (Wildman–Crippen MR) is 121 cm³/mol. The number of nitrogens with zero attached hydrogens (tertiary/aromatic N) is 4. The summed E-state index contributed by atoms with van der Waals surface area (Å²) in [4.78, 5) is 17.3. The van der Waals surface area contributed by atoms with E-state index in [2.05, 4.69) is 22.1 Å². The van der Waals surface area contributed by atoms with Gasteiger partial charge >= 0.3 is 0 Å². The summed E-state index contributed by atoms with van der Waals surface area (Å²) in [5.74, 6) is 1.52. The summed E-state index contributed by atoms with van der Waals surface area (Å²) < 4.78 is 12.4. The van der Waals surface area contributed by atoms with Crippen molar-refractivity contribution < 1.29 is 14.3 Å². The Morgan fingerprint density at radius 2 is 1.74 bits per heavy atom. The molecule has 162 valence electrons. The van der Waals surface area contributed by atoms with Crippen LogP contribution >= 0.6 is 0 Å². The summed E-state index contributed by atoms with van der Waals surface area (Å²) in [6.07, 6.45) is 2.72. The molecule has 1 fully saturated rings. The first-order valence-corrected chi connectivity index (χ1v) is 10.5. The average Bonchev–Trinajstić information content (AvgIpc) is 3.16. The molecule has 0 atom stereocenters. The fraction of sp³-hybridized carbons (Fsp3) is 0.333. The zero-order chi connectivity index (χ0) is 21.8. The fourth-order valence-electron chi connectivity index (χ4n) is 3.89. The van der Waals surface area contributed by atoms with Gasteiger partial charge in [0.25, 0.3) is 5.91 Å². The average molecular weight is 421 g/mol. The van der Waals surface area contributed by atoms with Gasteiger partial charge in [-0.05, 0) is 61.4 Å². The molecule has 2 aromatic carbocycles.